The van der Waals surface area contributed by atoms with Crippen molar-refractivity contribution in [3.63, 3.8) is 0 Å². The number of hydrogen-bond acceptors (Lipinski definition) is 3. The van der Waals surface area contributed by atoms with Gasteiger partial charge in [-0.2, -0.15) is 0 Å². The van der Waals surface area contributed by atoms with Gasteiger partial charge in [-0.25, -0.2) is 0 Å². The molecule has 0 aliphatic carbocycles. The molecule has 0 spiro atoms. The number of carbonyl (C=O) groups excluding carboxylic acids is 1. The molecule has 1 atom stereocenters. The van der Waals surface area contributed by atoms with E-state index in [1.807, 2.05) is 12.3 Å². The lowest BCUT2D eigenvalue weighted by atomic mass is 10.1. The first-order chi connectivity index (χ1) is 9.33. The van der Waals surface area contributed by atoms with Crippen LogP contribution in [-0.4, -0.2) is 23.5 Å². The average molecular weight is 255 g/mol. The van der Waals surface area contributed by atoms with Gasteiger partial charge in [-0.3, -0.25) is 9.78 Å². The largest absolute Gasteiger partial charge is 0.355 e. The standard InChI is InChI=1S/C15H17N3O/c19-15-14(2-1-6-17-15)18-9-11-3-4-13-10-16-7-5-12(13)8-11/h3-5,7-8,10,14,18H,1-2,6,9H2,(H,17,19). The highest BCUT2D eigenvalue weighted by atomic mass is 16.2. The second-order valence-corrected chi connectivity index (χ2v) is 4.92. The number of nitrogens with zero attached hydrogens (tertiary/aromatic N) is 1. The van der Waals surface area contributed by atoms with Crippen molar-refractivity contribution in [1.29, 1.82) is 0 Å². The molecule has 2 N–H and O–H groups in total. The third-order valence-electron chi connectivity index (χ3n) is 3.54. The summed E-state index contributed by atoms with van der Waals surface area (Å²) in [6.07, 6.45) is 5.63. The molecule has 0 saturated carbocycles. The van der Waals surface area contributed by atoms with Crippen molar-refractivity contribution in [3.8, 4) is 0 Å². The predicted molar refractivity (Wildman–Crippen MR) is 74.6 cm³/mol. The van der Waals surface area contributed by atoms with E-state index in [0.29, 0.717) is 0 Å². The first kappa shape index (κ1) is 12.1. The summed E-state index contributed by atoms with van der Waals surface area (Å²) in [5.74, 6) is 0.122. The summed E-state index contributed by atoms with van der Waals surface area (Å²) in [5, 5.41) is 8.54. The van der Waals surface area contributed by atoms with Gasteiger partial charge in [0.15, 0.2) is 0 Å². The Labute approximate surface area is 112 Å². The highest BCUT2D eigenvalue weighted by Gasteiger charge is 2.20. The van der Waals surface area contributed by atoms with E-state index in [1.165, 1.54) is 10.9 Å². The fraction of sp³-hybridized carbons (Fsp3) is 0.333. The average Bonchev–Trinajstić information content (AvgIpc) is 2.46. The first-order valence-electron chi connectivity index (χ1n) is 6.67. The number of aromatic nitrogens is 1. The summed E-state index contributed by atoms with van der Waals surface area (Å²) < 4.78 is 0. The highest BCUT2D eigenvalue weighted by Crippen LogP contribution is 2.14. The third-order valence-corrected chi connectivity index (χ3v) is 3.54. The van der Waals surface area contributed by atoms with Crippen LogP contribution in [0.2, 0.25) is 0 Å². The van der Waals surface area contributed by atoms with Gasteiger partial charge in [0.1, 0.15) is 0 Å². The van der Waals surface area contributed by atoms with Crippen molar-refractivity contribution in [1.82, 2.24) is 15.6 Å². The molecule has 1 unspecified atom stereocenters. The lowest BCUT2D eigenvalue weighted by molar-refractivity contribution is -0.124. The molecule has 19 heavy (non-hydrogen) atoms. The van der Waals surface area contributed by atoms with Crippen molar-refractivity contribution in [2.24, 2.45) is 0 Å². The van der Waals surface area contributed by atoms with Crippen LogP contribution in [0.3, 0.4) is 0 Å². The minimum Gasteiger partial charge on any atom is -0.355 e. The Bertz CT molecular complexity index is 597. The van der Waals surface area contributed by atoms with Gasteiger partial charge < -0.3 is 10.6 Å². The molecule has 1 aliphatic heterocycles. The van der Waals surface area contributed by atoms with Gasteiger partial charge in [-0.1, -0.05) is 12.1 Å². The van der Waals surface area contributed by atoms with Crippen LogP contribution in [0.1, 0.15) is 18.4 Å². The monoisotopic (exact) mass is 255 g/mol. The van der Waals surface area contributed by atoms with E-state index in [9.17, 15) is 4.79 Å². The van der Waals surface area contributed by atoms with Crippen LogP contribution in [0, 0.1) is 0 Å². The Morgan fingerprint density at radius 3 is 3.16 bits per heavy atom. The fourth-order valence-electron chi connectivity index (χ4n) is 2.45. The van der Waals surface area contributed by atoms with Crippen LogP contribution in [0.15, 0.2) is 36.7 Å². The van der Waals surface area contributed by atoms with Gasteiger partial charge in [-0.05, 0) is 35.9 Å². The Balaban J connectivity index is 1.69. The third kappa shape index (κ3) is 2.74. The maximum Gasteiger partial charge on any atom is 0.237 e. The van der Waals surface area contributed by atoms with Crippen molar-refractivity contribution < 1.29 is 4.79 Å². The predicted octanol–water partition coefficient (Wildman–Crippen LogP) is 1.60. The molecule has 98 valence electrons. The zero-order valence-electron chi connectivity index (χ0n) is 10.7. The summed E-state index contributed by atoms with van der Waals surface area (Å²) in [4.78, 5) is 15.7. The van der Waals surface area contributed by atoms with Crippen molar-refractivity contribution in [2.45, 2.75) is 25.4 Å². The van der Waals surface area contributed by atoms with Crippen LogP contribution in [0.25, 0.3) is 10.8 Å². The normalized spacial score (nSPS) is 19.4. The molecule has 1 aliphatic rings. The van der Waals surface area contributed by atoms with Crippen molar-refractivity contribution in [3.05, 3.63) is 42.2 Å². The van der Waals surface area contributed by atoms with E-state index >= 15 is 0 Å². The van der Waals surface area contributed by atoms with Crippen LogP contribution in [-0.2, 0) is 11.3 Å². The first-order valence-corrected chi connectivity index (χ1v) is 6.67. The molecule has 0 bridgehead atoms. The molecule has 1 amide bonds. The number of pyridine rings is 1. The number of piperidine rings is 1. The topological polar surface area (TPSA) is 54.0 Å². The molecular formula is C15H17N3O. The molecule has 3 rings (SSSR count). The lowest BCUT2D eigenvalue weighted by Crippen LogP contribution is -2.47. The van der Waals surface area contributed by atoms with Gasteiger partial charge in [0.05, 0.1) is 6.04 Å². The number of carbonyl (C=O) groups is 1. The Morgan fingerprint density at radius 2 is 2.26 bits per heavy atom. The zero-order valence-corrected chi connectivity index (χ0v) is 10.7. The van der Waals surface area contributed by atoms with E-state index < -0.39 is 0 Å². The summed E-state index contributed by atoms with van der Waals surface area (Å²) in [6.45, 7) is 1.52. The zero-order chi connectivity index (χ0) is 13.1. The van der Waals surface area contributed by atoms with E-state index in [4.69, 9.17) is 0 Å². The summed E-state index contributed by atoms with van der Waals surface area (Å²) >= 11 is 0. The van der Waals surface area contributed by atoms with Crippen molar-refractivity contribution >= 4 is 16.7 Å². The summed E-state index contributed by atoms with van der Waals surface area (Å²) in [5.41, 5.74) is 1.19. The van der Waals surface area contributed by atoms with E-state index in [2.05, 4.69) is 33.8 Å². The highest BCUT2D eigenvalue weighted by molar-refractivity contribution is 5.83. The smallest absolute Gasteiger partial charge is 0.237 e. The molecule has 0 radical (unpaired) electrons. The minimum absolute atomic E-state index is 0.0538. The second kappa shape index (κ2) is 5.36. The van der Waals surface area contributed by atoms with Crippen molar-refractivity contribution in [2.75, 3.05) is 6.54 Å². The fourth-order valence-corrected chi connectivity index (χ4v) is 2.45. The number of fused-ring (bicyclic) bond motifs is 1. The lowest BCUT2D eigenvalue weighted by Gasteiger charge is -2.22. The molecule has 1 aromatic carbocycles. The number of nitrogens with one attached hydrogen (secondary N) is 2. The van der Waals surface area contributed by atoms with E-state index in [-0.39, 0.29) is 11.9 Å². The number of hydrogen-bond donors (Lipinski definition) is 2. The van der Waals surface area contributed by atoms with Crippen LogP contribution < -0.4 is 10.6 Å². The Morgan fingerprint density at radius 1 is 1.32 bits per heavy atom. The Kier molecular flexibility index (Phi) is 3.42. The summed E-state index contributed by atoms with van der Waals surface area (Å²) in [6, 6.07) is 8.25. The molecule has 4 heteroatoms. The molecule has 4 nitrogen and oxygen atoms in total. The molecule has 1 fully saturated rings. The second-order valence-electron chi connectivity index (χ2n) is 4.92. The maximum absolute atomic E-state index is 11.6. The van der Waals surface area contributed by atoms with Crippen LogP contribution in [0.5, 0.6) is 0 Å². The van der Waals surface area contributed by atoms with Crippen LogP contribution >= 0.6 is 0 Å². The molecule has 2 heterocycles. The van der Waals surface area contributed by atoms with Gasteiger partial charge in [-0.15, -0.1) is 0 Å². The molecule has 2 aromatic rings. The number of rotatable bonds is 3. The van der Waals surface area contributed by atoms with E-state index in [1.54, 1.807) is 6.20 Å². The molecular weight excluding hydrogens is 238 g/mol. The maximum atomic E-state index is 11.6. The SMILES string of the molecule is O=C1NCCCC1NCc1ccc2cnccc2c1. The number of benzene rings is 1. The van der Waals surface area contributed by atoms with Gasteiger partial charge in [0.2, 0.25) is 5.91 Å². The minimum atomic E-state index is -0.0538. The molecule has 1 saturated heterocycles. The molecule has 1 aromatic heterocycles. The van der Waals surface area contributed by atoms with E-state index in [0.717, 1.165) is 31.3 Å². The summed E-state index contributed by atoms with van der Waals surface area (Å²) in [7, 11) is 0. The Hall–Kier alpha value is -1.94. The number of amides is 1. The van der Waals surface area contributed by atoms with Gasteiger partial charge in [0.25, 0.3) is 0 Å². The van der Waals surface area contributed by atoms with Gasteiger partial charge >= 0.3 is 0 Å². The van der Waals surface area contributed by atoms with Crippen LogP contribution in [0.4, 0.5) is 0 Å². The van der Waals surface area contributed by atoms with Gasteiger partial charge in [0, 0.05) is 30.9 Å². The quantitative estimate of drug-likeness (QED) is 0.876.